The molecule has 0 saturated heterocycles. The highest BCUT2D eigenvalue weighted by Crippen LogP contribution is 2.30. The Kier molecular flexibility index (Phi) is 4.11. The average Bonchev–Trinajstić information content (AvgIpc) is 1.80. The fourth-order valence-corrected chi connectivity index (χ4v) is 5.93. The fraction of sp³-hybridized carbons (Fsp3) is 0.750. The van der Waals surface area contributed by atoms with Crippen LogP contribution in [-0.2, 0) is 0 Å². The van der Waals surface area contributed by atoms with Crippen LogP contribution in [-0.4, -0.2) is 16.1 Å². The van der Waals surface area contributed by atoms with Gasteiger partial charge in [0.1, 0.15) is 0 Å². The molecule has 0 saturated carbocycles. The molecule has 72 valence electrons. The summed E-state index contributed by atoms with van der Waals surface area (Å²) in [5.41, 5.74) is 0. The van der Waals surface area contributed by atoms with Crippen molar-refractivity contribution >= 4 is 39.3 Å². The summed E-state index contributed by atoms with van der Waals surface area (Å²) in [4.78, 5) is 0. The average molecular weight is 241 g/mol. The van der Waals surface area contributed by atoms with Gasteiger partial charge >= 0.3 is 0 Å². The lowest BCUT2D eigenvalue weighted by atomic mass is 11.2. The van der Waals surface area contributed by atoms with E-state index in [4.69, 9.17) is 23.2 Å². The van der Waals surface area contributed by atoms with E-state index in [-0.39, 0.29) is 0 Å². The summed E-state index contributed by atoms with van der Waals surface area (Å²) in [6.07, 6.45) is 0. The molecule has 0 spiro atoms. The van der Waals surface area contributed by atoms with E-state index < -0.39 is 16.1 Å². The van der Waals surface area contributed by atoms with Gasteiger partial charge in [-0.2, -0.15) is 0 Å². The zero-order valence-corrected chi connectivity index (χ0v) is 12.3. The monoisotopic (exact) mass is 240 g/mol. The van der Waals surface area contributed by atoms with E-state index in [1.807, 2.05) is 0 Å². The van der Waals surface area contributed by atoms with Crippen LogP contribution in [0.3, 0.4) is 0 Å². The van der Waals surface area contributed by atoms with Gasteiger partial charge in [0, 0.05) is 9.31 Å². The highest BCUT2D eigenvalue weighted by molar-refractivity contribution is 6.99. The molecule has 0 aromatic heterocycles. The fourth-order valence-electron chi connectivity index (χ4n) is 0.658. The van der Waals surface area contributed by atoms with E-state index >= 15 is 0 Å². The van der Waals surface area contributed by atoms with Gasteiger partial charge in [0.25, 0.3) is 0 Å². The molecule has 0 unspecified atom stereocenters. The Morgan fingerprint density at radius 3 is 0.917 bits per heavy atom. The van der Waals surface area contributed by atoms with Crippen molar-refractivity contribution in [2.45, 2.75) is 39.3 Å². The van der Waals surface area contributed by atoms with E-state index in [2.05, 4.69) is 39.3 Å². The SMILES string of the molecule is C[Si](C)(C)/C(Cl)=C(\Cl)[Si](C)(C)C. The van der Waals surface area contributed by atoms with Crippen LogP contribution in [0.4, 0.5) is 0 Å². The van der Waals surface area contributed by atoms with Gasteiger partial charge in [0.2, 0.25) is 0 Å². The summed E-state index contributed by atoms with van der Waals surface area (Å²) >= 11 is 12.5. The molecule has 0 aromatic rings. The second kappa shape index (κ2) is 3.86. The van der Waals surface area contributed by atoms with Crippen molar-refractivity contribution in [1.29, 1.82) is 0 Å². The Morgan fingerprint density at radius 2 is 0.833 bits per heavy atom. The predicted octanol–water partition coefficient (Wildman–Crippen LogP) is 4.43. The molecule has 0 fully saturated rings. The summed E-state index contributed by atoms with van der Waals surface area (Å²) in [6, 6.07) is 0. The van der Waals surface area contributed by atoms with Crippen molar-refractivity contribution < 1.29 is 0 Å². The Balaban J connectivity index is 4.96. The molecule has 0 aliphatic carbocycles. The minimum atomic E-state index is -1.39. The Bertz CT molecular complexity index is 174. The second-order valence-corrected chi connectivity index (χ2v) is 16.5. The molecule has 0 rings (SSSR count). The van der Waals surface area contributed by atoms with E-state index in [0.29, 0.717) is 0 Å². The third-order valence-corrected chi connectivity index (χ3v) is 9.09. The molecule has 0 aromatic carbocycles. The van der Waals surface area contributed by atoms with Gasteiger partial charge in [-0.1, -0.05) is 62.5 Å². The minimum absolute atomic E-state index is 0.961. The summed E-state index contributed by atoms with van der Waals surface area (Å²) < 4.78 is 1.92. The maximum absolute atomic E-state index is 6.24. The number of hydrogen-bond donors (Lipinski definition) is 0. The first kappa shape index (κ1) is 12.8. The van der Waals surface area contributed by atoms with Crippen molar-refractivity contribution in [3.63, 3.8) is 0 Å². The van der Waals surface area contributed by atoms with E-state index in [1.165, 1.54) is 0 Å². The van der Waals surface area contributed by atoms with Crippen LogP contribution in [0.25, 0.3) is 0 Å². The Labute approximate surface area is 88.0 Å². The van der Waals surface area contributed by atoms with Gasteiger partial charge < -0.3 is 0 Å². The molecule has 4 heteroatoms. The quantitative estimate of drug-likeness (QED) is 0.627. The predicted molar refractivity (Wildman–Crippen MR) is 65.4 cm³/mol. The first-order valence-electron chi connectivity index (χ1n) is 4.13. The highest BCUT2D eigenvalue weighted by Gasteiger charge is 2.28. The molecule has 0 aliphatic heterocycles. The molecule has 0 amide bonds. The zero-order chi connectivity index (χ0) is 10.2. The molecule has 0 aliphatic rings. The van der Waals surface area contributed by atoms with Crippen molar-refractivity contribution in [3.8, 4) is 0 Å². The van der Waals surface area contributed by atoms with Crippen LogP contribution in [0.1, 0.15) is 0 Å². The summed E-state index contributed by atoms with van der Waals surface area (Å²) in [7, 11) is -2.77. The normalized spacial score (nSPS) is 16.0. The Hall–Kier alpha value is 0.754. The van der Waals surface area contributed by atoms with Crippen molar-refractivity contribution in [2.75, 3.05) is 0 Å². The summed E-state index contributed by atoms with van der Waals surface area (Å²) in [5, 5.41) is 0. The summed E-state index contributed by atoms with van der Waals surface area (Å²) in [5.74, 6) is 0. The van der Waals surface area contributed by atoms with Crippen LogP contribution in [0.15, 0.2) is 9.31 Å². The molecule has 0 N–H and O–H groups in total. The molecule has 0 bridgehead atoms. The molecule has 0 radical (unpaired) electrons. The van der Waals surface area contributed by atoms with E-state index in [1.54, 1.807) is 0 Å². The molecular formula is C8H18Cl2Si2. The van der Waals surface area contributed by atoms with Crippen LogP contribution < -0.4 is 0 Å². The lowest BCUT2D eigenvalue weighted by Crippen LogP contribution is -2.29. The zero-order valence-electron chi connectivity index (χ0n) is 8.76. The number of hydrogen-bond acceptors (Lipinski definition) is 0. The van der Waals surface area contributed by atoms with Crippen LogP contribution in [0, 0.1) is 0 Å². The third-order valence-electron chi connectivity index (χ3n) is 1.51. The van der Waals surface area contributed by atoms with Crippen LogP contribution in [0.5, 0.6) is 0 Å². The van der Waals surface area contributed by atoms with E-state index in [9.17, 15) is 0 Å². The topological polar surface area (TPSA) is 0 Å². The maximum Gasteiger partial charge on any atom is 0.0932 e. The number of rotatable bonds is 2. The number of halogens is 2. The van der Waals surface area contributed by atoms with Crippen LogP contribution in [0.2, 0.25) is 39.3 Å². The van der Waals surface area contributed by atoms with Gasteiger partial charge in [-0.25, -0.2) is 0 Å². The lowest BCUT2D eigenvalue weighted by molar-refractivity contribution is 1.68. The van der Waals surface area contributed by atoms with Gasteiger partial charge in [0.15, 0.2) is 0 Å². The molecule has 0 atom stereocenters. The maximum atomic E-state index is 6.24. The molecule has 0 heterocycles. The first-order valence-corrected chi connectivity index (χ1v) is 11.9. The standard InChI is InChI=1S/C8H18Cl2Si2/c1-11(2,3)7(9)8(10)12(4,5)6/h1-6H3/b8-7+. The van der Waals surface area contributed by atoms with Crippen molar-refractivity contribution in [2.24, 2.45) is 0 Å². The smallest absolute Gasteiger partial charge is 0.0932 e. The highest BCUT2D eigenvalue weighted by atomic mass is 35.5. The first-order chi connectivity index (χ1) is 5.07. The Morgan fingerprint density at radius 1 is 0.667 bits per heavy atom. The molecule has 0 nitrogen and oxygen atoms in total. The van der Waals surface area contributed by atoms with Gasteiger partial charge in [-0.15, -0.1) is 0 Å². The third kappa shape index (κ3) is 3.64. The van der Waals surface area contributed by atoms with Gasteiger partial charge in [-0.05, 0) is 0 Å². The van der Waals surface area contributed by atoms with Gasteiger partial charge in [0.05, 0.1) is 16.1 Å². The lowest BCUT2D eigenvalue weighted by Gasteiger charge is -2.23. The van der Waals surface area contributed by atoms with Gasteiger partial charge in [-0.3, -0.25) is 0 Å². The van der Waals surface area contributed by atoms with E-state index in [0.717, 1.165) is 9.31 Å². The summed E-state index contributed by atoms with van der Waals surface area (Å²) in [6.45, 7) is 13.3. The minimum Gasteiger partial charge on any atom is -0.0935 e. The van der Waals surface area contributed by atoms with Crippen molar-refractivity contribution in [1.82, 2.24) is 0 Å². The van der Waals surface area contributed by atoms with Crippen molar-refractivity contribution in [3.05, 3.63) is 9.31 Å². The molecular weight excluding hydrogens is 223 g/mol. The van der Waals surface area contributed by atoms with Crippen LogP contribution >= 0.6 is 23.2 Å². The second-order valence-electron chi connectivity index (χ2n) is 5.13. The largest absolute Gasteiger partial charge is 0.0935 e. The molecule has 12 heavy (non-hydrogen) atoms.